The Kier molecular flexibility index (Phi) is 5.43. The van der Waals surface area contributed by atoms with Gasteiger partial charge in [-0.2, -0.15) is 0 Å². The maximum Gasteiger partial charge on any atom is 0.356 e. The Morgan fingerprint density at radius 1 is 1.25 bits per heavy atom. The second-order valence-electron chi connectivity index (χ2n) is 5.54. The molecule has 0 amide bonds. The number of methoxy groups -OCH3 is 3. The van der Waals surface area contributed by atoms with E-state index >= 15 is 0 Å². The zero-order valence-corrected chi connectivity index (χ0v) is 13.8. The third kappa shape index (κ3) is 2.95. The van der Waals surface area contributed by atoms with Gasteiger partial charge in [-0.3, -0.25) is 4.79 Å². The predicted molar refractivity (Wildman–Crippen MR) is 81.3 cm³/mol. The van der Waals surface area contributed by atoms with Crippen LogP contribution in [0.2, 0.25) is 0 Å². The summed E-state index contributed by atoms with van der Waals surface area (Å²) in [6, 6.07) is 7.02. The zero-order valence-electron chi connectivity index (χ0n) is 13.8. The van der Waals surface area contributed by atoms with Crippen LogP contribution in [0.4, 0.5) is 0 Å². The maximum absolute atomic E-state index is 12.1. The fourth-order valence-corrected chi connectivity index (χ4v) is 3.17. The number of hydrogen-bond acceptors (Lipinski definition) is 8. The van der Waals surface area contributed by atoms with E-state index in [9.17, 15) is 19.9 Å². The average molecular weight is 339 g/mol. The highest BCUT2D eigenvalue weighted by Crippen LogP contribution is 2.46. The molecule has 0 unspecified atom stereocenters. The van der Waals surface area contributed by atoms with Crippen LogP contribution < -0.4 is 4.74 Å². The molecular weight excluding hydrogens is 318 g/mol. The minimum atomic E-state index is -2.35. The second kappa shape index (κ2) is 7.16. The van der Waals surface area contributed by atoms with Crippen molar-refractivity contribution in [3.8, 4) is 5.75 Å². The summed E-state index contributed by atoms with van der Waals surface area (Å²) >= 11 is 0. The van der Waals surface area contributed by atoms with Gasteiger partial charge in [-0.15, -0.1) is 5.06 Å². The topological polar surface area (TPSA) is 106 Å². The summed E-state index contributed by atoms with van der Waals surface area (Å²) in [5.74, 6) is -2.65. The number of carbonyl (C=O) groups is 2. The van der Waals surface area contributed by atoms with Crippen LogP contribution in [0.15, 0.2) is 24.3 Å². The molecule has 3 atom stereocenters. The predicted octanol–water partition coefficient (Wildman–Crippen LogP) is 0.524. The van der Waals surface area contributed by atoms with Crippen LogP contribution in [0.5, 0.6) is 5.75 Å². The SMILES string of the molecule is COC(=O)C[C@@H]1[C@H](c2ccccc2OC)CN(O)[C@@]1(O)C(=O)OC. The Labute approximate surface area is 139 Å². The second-order valence-corrected chi connectivity index (χ2v) is 5.54. The first kappa shape index (κ1) is 18.2. The molecular formula is C16H21NO7. The summed E-state index contributed by atoms with van der Waals surface area (Å²) in [5, 5.41) is 21.5. The number of rotatable bonds is 5. The largest absolute Gasteiger partial charge is 0.496 e. The highest BCUT2D eigenvalue weighted by atomic mass is 16.6. The van der Waals surface area contributed by atoms with E-state index in [0.29, 0.717) is 16.4 Å². The van der Waals surface area contributed by atoms with Crippen molar-refractivity contribution in [2.45, 2.75) is 18.1 Å². The number of hydroxylamine groups is 2. The van der Waals surface area contributed by atoms with Crippen LogP contribution in [0.3, 0.4) is 0 Å². The summed E-state index contributed by atoms with van der Waals surface area (Å²) in [6.07, 6.45) is -0.276. The van der Waals surface area contributed by atoms with E-state index in [4.69, 9.17) is 4.74 Å². The average Bonchev–Trinajstić information content (AvgIpc) is 2.86. The molecule has 1 heterocycles. The standard InChI is InChI=1S/C16H21NO7/c1-22-13-7-5-4-6-10(13)11-9-17(21)16(20,15(19)24-3)12(11)8-14(18)23-2/h4-7,11-12,20-21H,8-9H2,1-3H3/t11-,12+,16-/m0/s1. The first-order valence-corrected chi connectivity index (χ1v) is 7.37. The fraction of sp³-hybridized carbons (Fsp3) is 0.500. The van der Waals surface area contributed by atoms with Crippen molar-refractivity contribution in [2.24, 2.45) is 5.92 Å². The monoisotopic (exact) mass is 339 g/mol. The number of ether oxygens (including phenoxy) is 3. The minimum Gasteiger partial charge on any atom is -0.496 e. The lowest BCUT2D eigenvalue weighted by Crippen LogP contribution is -2.54. The number of hydrogen-bond donors (Lipinski definition) is 2. The van der Waals surface area contributed by atoms with Crippen molar-refractivity contribution in [2.75, 3.05) is 27.9 Å². The number of nitrogens with zero attached hydrogens (tertiary/aromatic N) is 1. The third-order valence-electron chi connectivity index (χ3n) is 4.40. The Hall–Kier alpha value is -2.16. The van der Waals surface area contributed by atoms with Gasteiger partial charge in [0.05, 0.1) is 27.8 Å². The molecule has 1 aliphatic heterocycles. The summed E-state index contributed by atoms with van der Waals surface area (Å²) in [6.45, 7) is -0.0758. The van der Waals surface area contributed by atoms with Crippen molar-refractivity contribution < 1.29 is 34.1 Å². The van der Waals surface area contributed by atoms with E-state index in [2.05, 4.69) is 9.47 Å². The molecule has 2 N–H and O–H groups in total. The van der Waals surface area contributed by atoms with E-state index in [1.54, 1.807) is 24.3 Å². The lowest BCUT2D eigenvalue weighted by molar-refractivity contribution is -0.256. The lowest BCUT2D eigenvalue weighted by Gasteiger charge is -2.31. The third-order valence-corrected chi connectivity index (χ3v) is 4.40. The molecule has 1 fully saturated rings. The van der Waals surface area contributed by atoms with Gasteiger partial charge < -0.3 is 24.5 Å². The Morgan fingerprint density at radius 2 is 1.92 bits per heavy atom. The van der Waals surface area contributed by atoms with Gasteiger partial charge in [-0.05, 0) is 11.6 Å². The van der Waals surface area contributed by atoms with Crippen LogP contribution in [0, 0.1) is 5.92 Å². The van der Waals surface area contributed by atoms with E-state index in [1.165, 1.54) is 14.2 Å². The molecule has 1 aromatic carbocycles. The van der Waals surface area contributed by atoms with Gasteiger partial charge in [-0.25, -0.2) is 4.79 Å². The molecule has 1 saturated heterocycles. The molecule has 132 valence electrons. The summed E-state index contributed by atoms with van der Waals surface area (Å²) in [5.41, 5.74) is -1.69. The van der Waals surface area contributed by atoms with Crippen molar-refractivity contribution in [1.82, 2.24) is 5.06 Å². The number of benzene rings is 1. The fourth-order valence-electron chi connectivity index (χ4n) is 3.17. The molecule has 0 radical (unpaired) electrons. The number of para-hydroxylation sites is 1. The van der Waals surface area contributed by atoms with Crippen LogP contribution in [-0.2, 0) is 19.1 Å². The van der Waals surface area contributed by atoms with E-state index in [0.717, 1.165) is 7.11 Å². The van der Waals surface area contributed by atoms with Gasteiger partial charge in [0.2, 0.25) is 5.72 Å². The Morgan fingerprint density at radius 3 is 2.50 bits per heavy atom. The van der Waals surface area contributed by atoms with Crippen LogP contribution in [-0.4, -0.2) is 60.9 Å². The van der Waals surface area contributed by atoms with Crippen LogP contribution in [0.25, 0.3) is 0 Å². The zero-order chi connectivity index (χ0) is 17.9. The number of aliphatic hydroxyl groups is 1. The van der Waals surface area contributed by atoms with Gasteiger partial charge in [0.25, 0.3) is 0 Å². The molecule has 0 spiro atoms. The molecule has 0 bridgehead atoms. The summed E-state index contributed by atoms with van der Waals surface area (Å²) in [4.78, 5) is 23.9. The lowest BCUT2D eigenvalue weighted by atomic mass is 9.80. The molecule has 8 nitrogen and oxygen atoms in total. The highest BCUT2D eigenvalue weighted by Gasteiger charge is 2.60. The molecule has 2 rings (SSSR count). The van der Waals surface area contributed by atoms with Crippen molar-refractivity contribution in [1.29, 1.82) is 0 Å². The molecule has 0 aliphatic carbocycles. The highest BCUT2D eigenvalue weighted by molar-refractivity contribution is 5.81. The molecule has 1 aliphatic rings. The molecule has 0 saturated carbocycles. The smallest absolute Gasteiger partial charge is 0.356 e. The first-order chi connectivity index (χ1) is 11.4. The molecule has 1 aromatic rings. The van der Waals surface area contributed by atoms with Crippen molar-refractivity contribution in [3.63, 3.8) is 0 Å². The van der Waals surface area contributed by atoms with E-state index in [1.807, 2.05) is 0 Å². The minimum absolute atomic E-state index is 0.0758. The van der Waals surface area contributed by atoms with Gasteiger partial charge in [0.15, 0.2) is 0 Å². The van der Waals surface area contributed by atoms with Crippen LogP contribution in [0.1, 0.15) is 17.9 Å². The van der Waals surface area contributed by atoms with Crippen LogP contribution >= 0.6 is 0 Å². The summed E-state index contributed by atoms with van der Waals surface area (Å²) < 4.78 is 14.6. The maximum atomic E-state index is 12.1. The molecule has 8 heteroatoms. The van der Waals surface area contributed by atoms with E-state index in [-0.39, 0.29) is 13.0 Å². The number of carbonyl (C=O) groups excluding carboxylic acids is 2. The molecule has 24 heavy (non-hydrogen) atoms. The van der Waals surface area contributed by atoms with Gasteiger partial charge in [0, 0.05) is 18.4 Å². The normalized spacial score (nSPS) is 26.9. The van der Waals surface area contributed by atoms with Gasteiger partial charge in [-0.1, -0.05) is 18.2 Å². The first-order valence-electron chi connectivity index (χ1n) is 7.37. The van der Waals surface area contributed by atoms with Crippen molar-refractivity contribution >= 4 is 11.9 Å². The Bertz CT molecular complexity index is 620. The summed E-state index contributed by atoms with van der Waals surface area (Å²) in [7, 11) is 3.80. The van der Waals surface area contributed by atoms with Crippen molar-refractivity contribution in [3.05, 3.63) is 29.8 Å². The quantitative estimate of drug-likeness (QED) is 0.748. The number of esters is 2. The molecule has 0 aromatic heterocycles. The van der Waals surface area contributed by atoms with E-state index < -0.39 is 29.5 Å². The Balaban J connectivity index is 2.50. The van der Waals surface area contributed by atoms with Gasteiger partial charge >= 0.3 is 11.9 Å². The van der Waals surface area contributed by atoms with Gasteiger partial charge in [0.1, 0.15) is 5.75 Å².